The number of carbonyl (C=O) groups is 1. The van der Waals surface area contributed by atoms with Gasteiger partial charge in [-0.05, 0) is 101 Å². The maximum absolute atomic E-state index is 13.8. The average Bonchev–Trinajstić information content (AvgIpc) is 3.35. The largest absolute Gasteiger partial charge is 0.369 e. The summed E-state index contributed by atoms with van der Waals surface area (Å²) in [5, 5.41) is 12.7. The van der Waals surface area contributed by atoms with Gasteiger partial charge in [-0.25, -0.2) is 27.8 Å². The summed E-state index contributed by atoms with van der Waals surface area (Å²) in [7, 11) is -3.54. The van der Waals surface area contributed by atoms with E-state index < -0.39 is 15.1 Å². The molecule has 3 saturated heterocycles. The van der Waals surface area contributed by atoms with Crippen molar-refractivity contribution in [3.63, 3.8) is 0 Å². The van der Waals surface area contributed by atoms with Gasteiger partial charge in [0.25, 0.3) is 0 Å². The lowest BCUT2D eigenvalue weighted by Gasteiger charge is -2.36. The van der Waals surface area contributed by atoms with Crippen molar-refractivity contribution in [1.29, 1.82) is 0 Å². The molecule has 0 spiro atoms. The van der Waals surface area contributed by atoms with E-state index in [0.717, 1.165) is 139 Å². The Bertz CT molecular complexity index is 2580. The first-order valence-electron chi connectivity index (χ1n) is 24.3. The SMILES string of the molecule is CC(C)S(=O)(=O)c1ccccc1Nc1nc(Nc2ccc(N3CCN(CC(=O)NCCCCCCN4CCN(c5cc(N[C@@H]6CCCN(c7cccc(F)c7)C6)ncn5)CC4)CC3)cc2)ncc1Cl. The summed E-state index contributed by atoms with van der Waals surface area (Å²) in [6.45, 7) is 14.3. The minimum Gasteiger partial charge on any atom is -0.369 e. The fraction of sp³-hybridized carbons (Fsp3) is 0.460. The van der Waals surface area contributed by atoms with E-state index in [9.17, 15) is 17.6 Å². The molecule has 5 aromatic rings. The summed E-state index contributed by atoms with van der Waals surface area (Å²) < 4.78 is 39.8. The van der Waals surface area contributed by atoms with Gasteiger partial charge in [-0.1, -0.05) is 42.6 Å². The smallest absolute Gasteiger partial charge is 0.234 e. The van der Waals surface area contributed by atoms with E-state index in [1.165, 1.54) is 12.3 Å². The Labute approximate surface area is 411 Å². The fourth-order valence-electron chi connectivity index (χ4n) is 9.08. The summed E-state index contributed by atoms with van der Waals surface area (Å²) in [4.78, 5) is 42.6. The number of piperidine rings is 1. The van der Waals surface area contributed by atoms with Crippen molar-refractivity contribution in [3.05, 3.63) is 102 Å². The third kappa shape index (κ3) is 13.7. The zero-order valence-corrected chi connectivity index (χ0v) is 41.2. The number of benzene rings is 3. The van der Waals surface area contributed by atoms with Crippen LogP contribution in [-0.2, 0) is 14.6 Å². The van der Waals surface area contributed by atoms with Crippen LogP contribution in [0.15, 0.2) is 96.3 Å². The van der Waals surface area contributed by atoms with Crippen molar-refractivity contribution >= 4 is 73.5 Å². The lowest BCUT2D eigenvalue weighted by atomic mass is 10.0. The minimum absolute atomic E-state index is 0.0809. The molecule has 368 valence electrons. The number of hydrogen-bond donors (Lipinski definition) is 4. The summed E-state index contributed by atoms with van der Waals surface area (Å²) in [5.41, 5.74) is 3.19. The number of anilines is 8. The zero-order chi connectivity index (χ0) is 48.2. The minimum atomic E-state index is -3.54. The molecule has 1 amide bonds. The third-order valence-electron chi connectivity index (χ3n) is 13.1. The Morgan fingerprint density at radius 1 is 0.783 bits per heavy atom. The number of aromatic nitrogens is 4. The molecule has 19 heteroatoms. The molecule has 5 heterocycles. The normalized spacial score (nSPS) is 17.2. The number of piperazine rings is 2. The molecule has 1 atom stereocenters. The van der Waals surface area contributed by atoms with Gasteiger partial charge in [-0.3, -0.25) is 14.6 Å². The third-order valence-corrected chi connectivity index (χ3v) is 15.5. The molecule has 8 rings (SSSR count). The van der Waals surface area contributed by atoms with Crippen molar-refractivity contribution in [3.8, 4) is 0 Å². The van der Waals surface area contributed by atoms with E-state index in [0.29, 0.717) is 24.7 Å². The highest BCUT2D eigenvalue weighted by Gasteiger charge is 2.25. The van der Waals surface area contributed by atoms with Gasteiger partial charge in [0.05, 0.1) is 28.6 Å². The van der Waals surface area contributed by atoms with Crippen LogP contribution in [0.3, 0.4) is 0 Å². The Morgan fingerprint density at radius 2 is 1.54 bits per heavy atom. The van der Waals surface area contributed by atoms with E-state index in [2.05, 4.69) is 71.8 Å². The highest BCUT2D eigenvalue weighted by Crippen LogP contribution is 2.31. The summed E-state index contributed by atoms with van der Waals surface area (Å²) in [6, 6.07) is 23.8. The van der Waals surface area contributed by atoms with Crippen LogP contribution >= 0.6 is 11.6 Å². The van der Waals surface area contributed by atoms with Crippen molar-refractivity contribution in [2.24, 2.45) is 0 Å². The molecular weight excluding hydrogens is 917 g/mol. The molecule has 3 fully saturated rings. The molecule has 3 aromatic carbocycles. The molecule has 0 radical (unpaired) electrons. The lowest BCUT2D eigenvalue weighted by molar-refractivity contribution is -0.122. The first-order chi connectivity index (χ1) is 33.5. The highest BCUT2D eigenvalue weighted by molar-refractivity contribution is 7.92. The average molecular weight is 983 g/mol. The maximum Gasteiger partial charge on any atom is 0.234 e. The Morgan fingerprint density at radius 3 is 2.32 bits per heavy atom. The molecule has 2 aromatic heterocycles. The fourth-order valence-corrected chi connectivity index (χ4v) is 10.4. The molecule has 0 unspecified atom stereocenters. The molecule has 16 nitrogen and oxygen atoms in total. The second-order valence-electron chi connectivity index (χ2n) is 18.3. The van der Waals surface area contributed by atoms with Gasteiger partial charge in [-0.2, -0.15) is 4.98 Å². The van der Waals surface area contributed by atoms with Crippen LogP contribution in [0.1, 0.15) is 52.4 Å². The lowest BCUT2D eigenvalue weighted by Crippen LogP contribution is -2.49. The number of unbranched alkanes of at least 4 members (excludes halogenated alkanes) is 3. The van der Waals surface area contributed by atoms with Gasteiger partial charge < -0.3 is 36.0 Å². The van der Waals surface area contributed by atoms with Crippen LogP contribution in [0.2, 0.25) is 5.02 Å². The number of amides is 1. The molecule has 0 aliphatic carbocycles. The number of sulfone groups is 1. The first-order valence-corrected chi connectivity index (χ1v) is 26.2. The molecule has 0 bridgehead atoms. The summed E-state index contributed by atoms with van der Waals surface area (Å²) in [6.07, 6.45) is 9.57. The number of carbonyl (C=O) groups excluding carboxylic acids is 1. The van der Waals surface area contributed by atoms with E-state index in [1.807, 2.05) is 30.3 Å². The Kier molecular flexibility index (Phi) is 17.0. The first kappa shape index (κ1) is 49.6. The van der Waals surface area contributed by atoms with Crippen molar-refractivity contribution in [2.45, 2.75) is 68.6 Å². The standard InChI is InChI=1S/C50H65ClFN13O3S/c1-37(2)69(67,68)45-15-6-5-14-44(45)59-49-43(51)33-54-50(60-49)58-39-16-18-41(19-17-39)63-27-25-62(26-28-63)35-48(66)53-20-7-3-4-8-21-61-23-29-64(30-24-61)47-32-46(55-36-56-47)57-40-12-10-22-65(34-40)42-13-9-11-38(52)31-42/h5-6,9,11,13-19,31-33,36-37,40H,3-4,7-8,10,12,20-30,34-35H2,1-2H3,(H,53,66)(H,55,56,57)(H2,54,58,59,60)/t40-/m1/s1. The van der Waals surface area contributed by atoms with Gasteiger partial charge >= 0.3 is 0 Å². The van der Waals surface area contributed by atoms with Crippen LogP contribution in [0.25, 0.3) is 0 Å². The van der Waals surface area contributed by atoms with Crippen LogP contribution < -0.4 is 36.0 Å². The van der Waals surface area contributed by atoms with Gasteiger partial charge in [0.1, 0.15) is 28.8 Å². The number of halogens is 2. The van der Waals surface area contributed by atoms with E-state index in [-0.39, 0.29) is 33.5 Å². The quantitative estimate of drug-likeness (QED) is 0.0569. The molecule has 4 N–H and O–H groups in total. The van der Waals surface area contributed by atoms with Crippen molar-refractivity contribution < 1.29 is 17.6 Å². The maximum atomic E-state index is 13.8. The van der Waals surface area contributed by atoms with E-state index in [4.69, 9.17) is 11.6 Å². The highest BCUT2D eigenvalue weighted by atomic mass is 35.5. The number of nitrogens with one attached hydrogen (secondary N) is 4. The number of nitrogens with zero attached hydrogens (tertiary/aromatic N) is 9. The molecule has 69 heavy (non-hydrogen) atoms. The molecule has 3 aliphatic heterocycles. The van der Waals surface area contributed by atoms with Crippen LogP contribution in [0.4, 0.5) is 50.5 Å². The Balaban J connectivity index is 0.674. The van der Waals surface area contributed by atoms with Crippen LogP contribution in [0, 0.1) is 5.82 Å². The monoisotopic (exact) mass is 981 g/mol. The topological polar surface area (TPSA) is 167 Å². The second-order valence-corrected chi connectivity index (χ2v) is 21.2. The molecular formula is C50H65ClFN13O3S. The zero-order valence-electron chi connectivity index (χ0n) is 39.7. The van der Waals surface area contributed by atoms with Gasteiger partial charge in [0.2, 0.25) is 11.9 Å². The van der Waals surface area contributed by atoms with Crippen LogP contribution in [0.5, 0.6) is 0 Å². The van der Waals surface area contributed by atoms with Crippen molar-refractivity contribution in [2.75, 3.05) is 116 Å². The second kappa shape index (κ2) is 23.7. The number of rotatable bonds is 20. The number of hydrogen-bond acceptors (Lipinski definition) is 15. The predicted octanol–water partition coefficient (Wildman–Crippen LogP) is 7.43. The number of para-hydroxylation sites is 1. The van der Waals surface area contributed by atoms with Gasteiger partial charge in [-0.15, -0.1) is 0 Å². The molecule has 0 saturated carbocycles. The van der Waals surface area contributed by atoms with E-state index in [1.54, 1.807) is 56.6 Å². The van der Waals surface area contributed by atoms with E-state index >= 15 is 0 Å². The van der Waals surface area contributed by atoms with Crippen molar-refractivity contribution in [1.82, 2.24) is 35.1 Å². The summed E-state index contributed by atoms with van der Waals surface area (Å²) >= 11 is 6.43. The predicted molar refractivity (Wildman–Crippen MR) is 275 cm³/mol. The van der Waals surface area contributed by atoms with Gasteiger partial charge in [0.15, 0.2) is 15.7 Å². The van der Waals surface area contributed by atoms with Gasteiger partial charge in [0, 0.05) is 101 Å². The summed E-state index contributed by atoms with van der Waals surface area (Å²) in [5.74, 6) is 2.26. The molecule has 3 aliphatic rings. The Hall–Kier alpha value is -5.82. The van der Waals surface area contributed by atoms with Crippen LogP contribution in [-0.4, -0.2) is 140 Å².